The molecule has 1 N–H and O–H groups in total. The van der Waals surface area contributed by atoms with Gasteiger partial charge < -0.3 is 10.1 Å². The number of nitrogens with one attached hydrogen (secondary N) is 1. The molecule has 2 aromatic rings. The van der Waals surface area contributed by atoms with Crippen LogP contribution in [0.4, 0.5) is 0 Å². The van der Waals surface area contributed by atoms with Crippen molar-refractivity contribution < 1.29 is 4.74 Å². The molecule has 1 heterocycles. The zero-order valence-electron chi connectivity index (χ0n) is 11.4. The van der Waals surface area contributed by atoms with Gasteiger partial charge in [0.05, 0.1) is 6.61 Å². The zero-order chi connectivity index (χ0) is 13.1. The van der Waals surface area contributed by atoms with E-state index in [2.05, 4.69) is 36.5 Å². The first kappa shape index (κ1) is 13.1. The van der Waals surface area contributed by atoms with Crippen molar-refractivity contribution in [1.82, 2.24) is 5.32 Å². The van der Waals surface area contributed by atoms with Gasteiger partial charge in [-0.05, 0) is 36.8 Å². The molecule has 1 aliphatic carbocycles. The van der Waals surface area contributed by atoms with Crippen molar-refractivity contribution in [3.63, 3.8) is 0 Å². The molecule has 1 aliphatic rings. The van der Waals surface area contributed by atoms with Crippen molar-refractivity contribution in [3.05, 3.63) is 34.7 Å². The Labute approximate surface area is 118 Å². The molecule has 0 amide bonds. The SMILES string of the molecule is CCNCc1sc2ccccc2c1COCC1CC1. The summed E-state index contributed by atoms with van der Waals surface area (Å²) in [6.07, 6.45) is 2.71. The van der Waals surface area contributed by atoms with Crippen molar-refractivity contribution in [2.45, 2.75) is 32.9 Å². The molecule has 3 rings (SSSR count). The molecule has 1 aromatic heterocycles. The van der Waals surface area contributed by atoms with E-state index in [1.165, 1.54) is 33.4 Å². The van der Waals surface area contributed by atoms with Gasteiger partial charge in [0.1, 0.15) is 0 Å². The quantitative estimate of drug-likeness (QED) is 0.826. The fourth-order valence-electron chi connectivity index (χ4n) is 2.30. The lowest BCUT2D eigenvalue weighted by Gasteiger charge is -2.06. The second kappa shape index (κ2) is 6.04. The maximum Gasteiger partial charge on any atom is 0.0734 e. The third-order valence-corrected chi connectivity index (χ3v) is 4.83. The lowest BCUT2D eigenvalue weighted by atomic mass is 10.1. The van der Waals surface area contributed by atoms with Gasteiger partial charge in [0, 0.05) is 28.3 Å². The highest BCUT2D eigenvalue weighted by Crippen LogP contribution is 2.33. The molecule has 1 fully saturated rings. The minimum atomic E-state index is 0.765. The largest absolute Gasteiger partial charge is 0.376 e. The van der Waals surface area contributed by atoms with Crippen molar-refractivity contribution in [1.29, 1.82) is 0 Å². The van der Waals surface area contributed by atoms with E-state index >= 15 is 0 Å². The van der Waals surface area contributed by atoms with Crippen molar-refractivity contribution in [3.8, 4) is 0 Å². The standard InChI is InChI=1S/C16H21NOS/c1-2-17-9-16-14(11-18-10-12-7-8-12)13-5-3-4-6-15(13)19-16/h3-6,12,17H,2,7-11H2,1H3. The number of hydrogen-bond acceptors (Lipinski definition) is 3. The number of benzene rings is 1. The number of thiophene rings is 1. The first-order valence-electron chi connectivity index (χ1n) is 7.16. The maximum absolute atomic E-state index is 5.91. The molecule has 0 atom stereocenters. The van der Waals surface area contributed by atoms with Gasteiger partial charge in [0.2, 0.25) is 0 Å². The molecular formula is C16H21NOS. The average molecular weight is 275 g/mol. The van der Waals surface area contributed by atoms with Gasteiger partial charge in [-0.1, -0.05) is 25.1 Å². The Morgan fingerprint density at radius 1 is 1.32 bits per heavy atom. The Hall–Kier alpha value is -0.900. The van der Waals surface area contributed by atoms with E-state index in [1.807, 2.05) is 11.3 Å². The smallest absolute Gasteiger partial charge is 0.0734 e. The van der Waals surface area contributed by atoms with Crippen LogP contribution in [-0.4, -0.2) is 13.2 Å². The fourth-order valence-corrected chi connectivity index (χ4v) is 3.48. The number of fused-ring (bicyclic) bond motifs is 1. The normalized spacial score (nSPS) is 15.2. The maximum atomic E-state index is 5.91. The van der Waals surface area contributed by atoms with Gasteiger partial charge in [-0.15, -0.1) is 11.3 Å². The summed E-state index contributed by atoms with van der Waals surface area (Å²) in [5.74, 6) is 0.835. The molecule has 0 saturated heterocycles. The van der Waals surface area contributed by atoms with Crippen molar-refractivity contribution >= 4 is 21.4 Å². The van der Waals surface area contributed by atoms with Crippen molar-refractivity contribution in [2.24, 2.45) is 5.92 Å². The first-order valence-corrected chi connectivity index (χ1v) is 7.98. The first-order chi connectivity index (χ1) is 9.38. The highest BCUT2D eigenvalue weighted by molar-refractivity contribution is 7.19. The summed E-state index contributed by atoms with van der Waals surface area (Å²) in [7, 11) is 0. The lowest BCUT2D eigenvalue weighted by molar-refractivity contribution is 0.112. The molecule has 0 bridgehead atoms. The predicted octanol–water partition coefficient (Wildman–Crippen LogP) is 3.94. The van der Waals surface area contributed by atoms with Crippen molar-refractivity contribution in [2.75, 3.05) is 13.2 Å². The van der Waals surface area contributed by atoms with Gasteiger partial charge in [-0.25, -0.2) is 0 Å². The molecule has 102 valence electrons. The van der Waals surface area contributed by atoms with E-state index in [9.17, 15) is 0 Å². The summed E-state index contributed by atoms with van der Waals surface area (Å²) in [5, 5.41) is 4.80. The van der Waals surface area contributed by atoms with E-state index in [1.54, 1.807) is 0 Å². The monoisotopic (exact) mass is 275 g/mol. The Morgan fingerprint density at radius 3 is 2.95 bits per heavy atom. The van der Waals surface area contributed by atoms with Crippen LogP contribution in [0.3, 0.4) is 0 Å². The molecule has 0 unspecified atom stereocenters. The second-order valence-electron chi connectivity index (χ2n) is 5.24. The third kappa shape index (κ3) is 3.16. The van der Waals surface area contributed by atoms with E-state index in [0.717, 1.165) is 32.2 Å². The number of ether oxygens (including phenoxy) is 1. The van der Waals surface area contributed by atoms with E-state index in [-0.39, 0.29) is 0 Å². The molecule has 1 saturated carbocycles. The fraction of sp³-hybridized carbons (Fsp3) is 0.500. The van der Waals surface area contributed by atoms with Gasteiger partial charge in [-0.3, -0.25) is 0 Å². The Bertz CT molecular complexity index is 545. The van der Waals surface area contributed by atoms with Crippen LogP contribution in [0.5, 0.6) is 0 Å². The van der Waals surface area contributed by atoms with Crippen LogP contribution in [0.25, 0.3) is 10.1 Å². The minimum absolute atomic E-state index is 0.765. The van der Waals surface area contributed by atoms with E-state index in [4.69, 9.17) is 4.74 Å². The summed E-state index contributed by atoms with van der Waals surface area (Å²) in [5.41, 5.74) is 1.39. The summed E-state index contributed by atoms with van der Waals surface area (Å²) in [6, 6.07) is 8.66. The number of hydrogen-bond donors (Lipinski definition) is 1. The van der Waals surface area contributed by atoms with Crippen LogP contribution in [0.1, 0.15) is 30.2 Å². The second-order valence-corrected chi connectivity index (χ2v) is 6.38. The molecule has 2 nitrogen and oxygen atoms in total. The molecule has 0 aliphatic heterocycles. The Morgan fingerprint density at radius 2 is 2.16 bits per heavy atom. The van der Waals surface area contributed by atoms with Crippen LogP contribution in [-0.2, 0) is 17.9 Å². The van der Waals surface area contributed by atoms with E-state index in [0.29, 0.717) is 0 Å². The van der Waals surface area contributed by atoms with Gasteiger partial charge in [0.25, 0.3) is 0 Å². The predicted molar refractivity (Wildman–Crippen MR) is 81.6 cm³/mol. The van der Waals surface area contributed by atoms with Crippen LogP contribution in [0, 0.1) is 5.92 Å². The van der Waals surface area contributed by atoms with Gasteiger partial charge in [0.15, 0.2) is 0 Å². The molecule has 19 heavy (non-hydrogen) atoms. The van der Waals surface area contributed by atoms with Crippen LogP contribution >= 0.6 is 11.3 Å². The lowest BCUT2D eigenvalue weighted by Crippen LogP contribution is -2.12. The van der Waals surface area contributed by atoms with Crippen LogP contribution in [0.15, 0.2) is 24.3 Å². The van der Waals surface area contributed by atoms with Gasteiger partial charge in [-0.2, -0.15) is 0 Å². The molecule has 3 heteroatoms. The molecule has 0 radical (unpaired) electrons. The Kier molecular flexibility index (Phi) is 4.16. The topological polar surface area (TPSA) is 21.3 Å². The molecule has 1 aromatic carbocycles. The molecular weight excluding hydrogens is 254 g/mol. The van der Waals surface area contributed by atoms with Crippen LogP contribution < -0.4 is 5.32 Å². The van der Waals surface area contributed by atoms with Crippen LogP contribution in [0.2, 0.25) is 0 Å². The average Bonchev–Trinajstić information content (AvgIpc) is 3.19. The van der Waals surface area contributed by atoms with E-state index < -0.39 is 0 Å². The summed E-state index contributed by atoms with van der Waals surface area (Å²) in [4.78, 5) is 1.43. The highest BCUT2D eigenvalue weighted by atomic mass is 32.1. The highest BCUT2D eigenvalue weighted by Gasteiger charge is 2.21. The summed E-state index contributed by atoms with van der Waals surface area (Å²) < 4.78 is 7.28. The third-order valence-electron chi connectivity index (χ3n) is 3.61. The Balaban J connectivity index is 1.79. The van der Waals surface area contributed by atoms with Gasteiger partial charge >= 0.3 is 0 Å². The summed E-state index contributed by atoms with van der Waals surface area (Å²) >= 11 is 1.90. The zero-order valence-corrected chi connectivity index (χ0v) is 12.3. The number of rotatable bonds is 7. The minimum Gasteiger partial charge on any atom is -0.376 e. The summed E-state index contributed by atoms with van der Waals surface area (Å²) in [6.45, 7) is 5.82. The molecule has 0 spiro atoms.